The minimum atomic E-state index is -4.32. The van der Waals surface area contributed by atoms with Crippen LogP contribution in [0.5, 0.6) is 0 Å². The zero-order chi connectivity index (χ0) is 15.6. The Balaban J connectivity index is 1.85. The van der Waals surface area contributed by atoms with Crippen LogP contribution in [0.1, 0.15) is 24.8 Å². The molecule has 0 aliphatic carbocycles. The van der Waals surface area contributed by atoms with Crippen molar-refractivity contribution in [1.82, 2.24) is 9.97 Å². The number of hydrogen-bond acceptors (Lipinski definition) is 3. The normalized spacial score (nSPS) is 15.9. The molecule has 116 valence electrons. The van der Waals surface area contributed by atoms with Crippen molar-refractivity contribution >= 4 is 5.95 Å². The number of nitrogens with zero attached hydrogens (tertiary/aromatic N) is 3. The first-order chi connectivity index (χ1) is 10.5. The van der Waals surface area contributed by atoms with Crippen LogP contribution >= 0.6 is 0 Å². The largest absolute Gasteiger partial charge is 0.416 e. The molecule has 0 bridgehead atoms. The molecule has 0 amide bonds. The van der Waals surface area contributed by atoms with Crippen LogP contribution in [-0.4, -0.2) is 23.1 Å². The van der Waals surface area contributed by atoms with E-state index < -0.39 is 11.7 Å². The van der Waals surface area contributed by atoms with Gasteiger partial charge in [0.25, 0.3) is 0 Å². The fourth-order valence-corrected chi connectivity index (χ4v) is 2.59. The van der Waals surface area contributed by atoms with Crippen LogP contribution in [-0.2, 0) is 6.18 Å². The molecule has 6 heteroatoms. The van der Waals surface area contributed by atoms with Gasteiger partial charge in [-0.1, -0.05) is 12.1 Å². The van der Waals surface area contributed by atoms with E-state index in [1.165, 1.54) is 18.6 Å². The third-order valence-corrected chi connectivity index (χ3v) is 3.79. The number of benzene rings is 1. The van der Waals surface area contributed by atoms with Gasteiger partial charge in [0.1, 0.15) is 0 Å². The van der Waals surface area contributed by atoms with E-state index >= 15 is 0 Å². The average Bonchev–Trinajstić information content (AvgIpc) is 2.55. The Bertz CT molecular complexity index is 632. The number of anilines is 1. The van der Waals surface area contributed by atoms with Crippen molar-refractivity contribution in [2.24, 2.45) is 0 Å². The van der Waals surface area contributed by atoms with Gasteiger partial charge >= 0.3 is 6.18 Å². The highest BCUT2D eigenvalue weighted by Gasteiger charge is 2.30. The first-order valence-electron chi connectivity index (χ1n) is 7.30. The Morgan fingerprint density at radius 1 is 0.909 bits per heavy atom. The Morgan fingerprint density at radius 2 is 1.59 bits per heavy atom. The molecule has 3 rings (SSSR count). The minimum Gasteiger partial charge on any atom is -0.341 e. The Hall–Kier alpha value is -2.11. The highest BCUT2D eigenvalue weighted by molar-refractivity contribution is 5.60. The lowest BCUT2D eigenvalue weighted by Crippen LogP contribution is -2.30. The summed E-state index contributed by atoms with van der Waals surface area (Å²) in [4.78, 5) is 10.9. The molecule has 2 aromatic rings. The van der Waals surface area contributed by atoms with Crippen LogP contribution in [0, 0.1) is 0 Å². The Morgan fingerprint density at radius 3 is 2.23 bits per heavy atom. The standard InChI is InChI=1S/C16H16F3N3/c17-16(18,19)13-6-4-12(5-7-13)14-8-9-20-15(21-14)22-10-2-1-3-11-22/h4-9H,1-3,10-11H2. The molecule has 1 aromatic carbocycles. The maximum absolute atomic E-state index is 12.6. The van der Waals surface area contributed by atoms with Crippen molar-refractivity contribution in [2.45, 2.75) is 25.4 Å². The summed E-state index contributed by atoms with van der Waals surface area (Å²) >= 11 is 0. The van der Waals surface area contributed by atoms with Gasteiger partial charge in [-0.15, -0.1) is 0 Å². The lowest BCUT2D eigenvalue weighted by Gasteiger charge is -2.26. The molecule has 1 fully saturated rings. The second-order valence-electron chi connectivity index (χ2n) is 5.36. The zero-order valence-corrected chi connectivity index (χ0v) is 12.0. The smallest absolute Gasteiger partial charge is 0.341 e. The van der Waals surface area contributed by atoms with Gasteiger partial charge in [0, 0.05) is 24.8 Å². The van der Waals surface area contributed by atoms with Gasteiger partial charge in [0.05, 0.1) is 11.3 Å². The monoisotopic (exact) mass is 307 g/mol. The lowest BCUT2D eigenvalue weighted by atomic mass is 10.1. The van der Waals surface area contributed by atoms with Crippen molar-refractivity contribution < 1.29 is 13.2 Å². The van der Waals surface area contributed by atoms with Gasteiger partial charge in [0.15, 0.2) is 0 Å². The molecule has 0 radical (unpaired) electrons. The maximum atomic E-state index is 12.6. The topological polar surface area (TPSA) is 29.0 Å². The molecule has 1 aliphatic heterocycles. The Kier molecular flexibility index (Phi) is 4.00. The fourth-order valence-electron chi connectivity index (χ4n) is 2.59. The van der Waals surface area contributed by atoms with Gasteiger partial charge in [-0.2, -0.15) is 13.2 Å². The molecular formula is C16H16F3N3. The van der Waals surface area contributed by atoms with Crippen LogP contribution in [0.2, 0.25) is 0 Å². The molecule has 1 aliphatic rings. The van der Waals surface area contributed by atoms with Crippen molar-refractivity contribution in [3.05, 3.63) is 42.1 Å². The van der Waals surface area contributed by atoms with E-state index in [-0.39, 0.29) is 0 Å². The summed E-state index contributed by atoms with van der Waals surface area (Å²) in [6.07, 6.45) is 0.796. The molecule has 1 aromatic heterocycles. The molecule has 0 N–H and O–H groups in total. The molecule has 0 spiro atoms. The lowest BCUT2D eigenvalue weighted by molar-refractivity contribution is -0.137. The van der Waals surface area contributed by atoms with E-state index in [2.05, 4.69) is 14.9 Å². The first kappa shape index (κ1) is 14.8. The molecule has 22 heavy (non-hydrogen) atoms. The first-order valence-corrected chi connectivity index (χ1v) is 7.30. The van der Waals surface area contributed by atoms with Crippen LogP contribution in [0.3, 0.4) is 0 Å². The molecule has 0 atom stereocenters. The third kappa shape index (κ3) is 3.21. The summed E-state index contributed by atoms with van der Waals surface area (Å²) in [6, 6.07) is 6.78. The van der Waals surface area contributed by atoms with Crippen LogP contribution in [0.15, 0.2) is 36.5 Å². The summed E-state index contributed by atoms with van der Waals surface area (Å²) in [6.45, 7) is 1.85. The molecular weight excluding hydrogens is 291 g/mol. The Labute approximate surface area is 126 Å². The predicted molar refractivity (Wildman–Crippen MR) is 78.5 cm³/mol. The van der Waals surface area contributed by atoms with E-state index in [4.69, 9.17) is 0 Å². The predicted octanol–water partition coefficient (Wildman–Crippen LogP) is 4.15. The van der Waals surface area contributed by atoms with Gasteiger partial charge in [-0.25, -0.2) is 9.97 Å². The van der Waals surface area contributed by atoms with E-state index in [1.54, 1.807) is 12.3 Å². The number of hydrogen-bond donors (Lipinski definition) is 0. The molecule has 2 heterocycles. The molecule has 0 saturated carbocycles. The molecule has 3 nitrogen and oxygen atoms in total. The van der Waals surface area contributed by atoms with E-state index in [1.807, 2.05) is 0 Å². The fraction of sp³-hybridized carbons (Fsp3) is 0.375. The zero-order valence-electron chi connectivity index (χ0n) is 12.0. The van der Waals surface area contributed by atoms with Gasteiger partial charge in [0.2, 0.25) is 5.95 Å². The van der Waals surface area contributed by atoms with Gasteiger partial charge in [-0.3, -0.25) is 0 Å². The quantitative estimate of drug-likeness (QED) is 0.834. The molecule has 0 unspecified atom stereocenters. The summed E-state index contributed by atoms with van der Waals surface area (Å²) in [5, 5.41) is 0. The summed E-state index contributed by atoms with van der Waals surface area (Å²) in [5.74, 6) is 0.650. The number of piperidine rings is 1. The van der Waals surface area contributed by atoms with E-state index in [0.29, 0.717) is 17.2 Å². The SMILES string of the molecule is FC(F)(F)c1ccc(-c2ccnc(N3CCCCC3)n2)cc1. The number of halogens is 3. The van der Waals surface area contributed by atoms with Crippen molar-refractivity contribution in [2.75, 3.05) is 18.0 Å². The number of aromatic nitrogens is 2. The van der Waals surface area contributed by atoms with Crippen molar-refractivity contribution in [3.8, 4) is 11.3 Å². The summed E-state index contributed by atoms with van der Waals surface area (Å²) < 4.78 is 37.8. The summed E-state index contributed by atoms with van der Waals surface area (Å²) in [7, 11) is 0. The highest BCUT2D eigenvalue weighted by Crippen LogP contribution is 2.30. The highest BCUT2D eigenvalue weighted by atomic mass is 19.4. The van der Waals surface area contributed by atoms with Gasteiger partial charge < -0.3 is 4.90 Å². The van der Waals surface area contributed by atoms with Crippen LogP contribution in [0.4, 0.5) is 19.1 Å². The van der Waals surface area contributed by atoms with Crippen molar-refractivity contribution in [3.63, 3.8) is 0 Å². The minimum absolute atomic E-state index is 0.643. The molecule has 1 saturated heterocycles. The number of alkyl halides is 3. The van der Waals surface area contributed by atoms with Crippen LogP contribution < -0.4 is 4.90 Å². The van der Waals surface area contributed by atoms with Crippen LogP contribution in [0.25, 0.3) is 11.3 Å². The number of rotatable bonds is 2. The van der Waals surface area contributed by atoms with E-state index in [9.17, 15) is 13.2 Å². The van der Waals surface area contributed by atoms with Gasteiger partial charge in [-0.05, 0) is 37.5 Å². The van der Waals surface area contributed by atoms with Crippen molar-refractivity contribution in [1.29, 1.82) is 0 Å². The third-order valence-electron chi connectivity index (χ3n) is 3.79. The maximum Gasteiger partial charge on any atom is 0.416 e. The van der Waals surface area contributed by atoms with E-state index in [0.717, 1.165) is 38.1 Å². The summed E-state index contributed by atoms with van der Waals surface area (Å²) in [5.41, 5.74) is 0.652. The second kappa shape index (κ2) is 5.94. The second-order valence-corrected chi connectivity index (χ2v) is 5.36. The average molecular weight is 307 g/mol.